The summed E-state index contributed by atoms with van der Waals surface area (Å²) >= 11 is 0. The maximum atomic E-state index is 5.06. The molecule has 1 unspecified atom stereocenters. The monoisotopic (exact) mass is 219 g/mol. The van der Waals surface area contributed by atoms with Gasteiger partial charge in [-0.15, -0.1) is 0 Å². The van der Waals surface area contributed by atoms with Crippen LogP contribution in [0, 0.1) is 13.8 Å². The zero-order valence-corrected chi connectivity index (χ0v) is 9.87. The van der Waals surface area contributed by atoms with Gasteiger partial charge in [0.2, 0.25) is 0 Å². The van der Waals surface area contributed by atoms with Crippen molar-refractivity contribution in [3.63, 3.8) is 0 Å². The molecule has 86 valence electrons. The Kier molecular flexibility index (Phi) is 3.10. The molecule has 0 aliphatic heterocycles. The summed E-state index contributed by atoms with van der Waals surface area (Å²) in [5.74, 6) is 0. The van der Waals surface area contributed by atoms with Crippen LogP contribution in [0.1, 0.15) is 35.5 Å². The predicted molar refractivity (Wildman–Crippen MR) is 62.0 cm³/mol. The van der Waals surface area contributed by atoms with Gasteiger partial charge in [0.15, 0.2) is 0 Å². The lowest BCUT2D eigenvalue weighted by Crippen LogP contribution is -2.18. The van der Waals surface area contributed by atoms with Gasteiger partial charge in [0, 0.05) is 29.4 Å². The standard InChI is InChI=1S/C12H17N3O/c1-8(11-4-5-16-7-11)13-6-12-9(2)14-15-10(12)3/h4-5,7-8,13H,6H2,1-3H3,(H,14,15). The first-order chi connectivity index (χ1) is 7.68. The van der Waals surface area contributed by atoms with Crippen LogP contribution >= 0.6 is 0 Å². The zero-order valence-electron chi connectivity index (χ0n) is 9.87. The van der Waals surface area contributed by atoms with E-state index in [1.54, 1.807) is 12.5 Å². The Labute approximate surface area is 95.1 Å². The van der Waals surface area contributed by atoms with E-state index in [2.05, 4.69) is 22.4 Å². The number of nitrogens with zero attached hydrogens (tertiary/aromatic N) is 1. The summed E-state index contributed by atoms with van der Waals surface area (Å²) in [5.41, 5.74) is 4.60. The average molecular weight is 219 g/mol. The number of aromatic amines is 1. The van der Waals surface area contributed by atoms with Crippen molar-refractivity contribution >= 4 is 0 Å². The van der Waals surface area contributed by atoms with Gasteiger partial charge >= 0.3 is 0 Å². The number of furan rings is 1. The highest BCUT2D eigenvalue weighted by Gasteiger charge is 2.09. The Morgan fingerprint density at radius 2 is 2.31 bits per heavy atom. The first kappa shape index (κ1) is 11.0. The van der Waals surface area contributed by atoms with Crippen molar-refractivity contribution in [3.8, 4) is 0 Å². The molecule has 2 heterocycles. The second kappa shape index (κ2) is 4.53. The van der Waals surface area contributed by atoms with Crippen LogP contribution in [0.2, 0.25) is 0 Å². The molecular weight excluding hydrogens is 202 g/mol. The molecule has 16 heavy (non-hydrogen) atoms. The van der Waals surface area contributed by atoms with Gasteiger partial charge in [-0.25, -0.2) is 0 Å². The van der Waals surface area contributed by atoms with Gasteiger partial charge in [0.1, 0.15) is 0 Å². The molecule has 0 saturated heterocycles. The molecule has 4 nitrogen and oxygen atoms in total. The highest BCUT2D eigenvalue weighted by Crippen LogP contribution is 2.15. The Morgan fingerprint density at radius 3 is 2.88 bits per heavy atom. The van der Waals surface area contributed by atoms with E-state index in [1.807, 2.05) is 19.9 Å². The van der Waals surface area contributed by atoms with E-state index in [0.29, 0.717) is 0 Å². The fourth-order valence-electron chi connectivity index (χ4n) is 1.73. The van der Waals surface area contributed by atoms with Crippen LogP contribution in [0.25, 0.3) is 0 Å². The van der Waals surface area contributed by atoms with Crippen molar-refractivity contribution in [2.45, 2.75) is 33.4 Å². The number of hydrogen-bond acceptors (Lipinski definition) is 3. The number of aromatic nitrogens is 2. The largest absolute Gasteiger partial charge is 0.472 e. The molecule has 2 aromatic rings. The number of H-pyrrole nitrogens is 1. The Bertz CT molecular complexity index is 425. The van der Waals surface area contributed by atoms with E-state index < -0.39 is 0 Å². The van der Waals surface area contributed by atoms with Gasteiger partial charge in [0.25, 0.3) is 0 Å². The van der Waals surface area contributed by atoms with Crippen molar-refractivity contribution in [1.29, 1.82) is 0 Å². The fourth-order valence-corrected chi connectivity index (χ4v) is 1.73. The van der Waals surface area contributed by atoms with Crippen LogP contribution < -0.4 is 5.32 Å². The van der Waals surface area contributed by atoms with Crippen LogP contribution in [-0.2, 0) is 6.54 Å². The lowest BCUT2D eigenvalue weighted by atomic mass is 10.1. The van der Waals surface area contributed by atoms with E-state index >= 15 is 0 Å². The van der Waals surface area contributed by atoms with Gasteiger partial charge in [-0.1, -0.05) is 0 Å². The van der Waals surface area contributed by atoms with E-state index in [9.17, 15) is 0 Å². The SMILES string of the molecule is Cc1n[nH]c(C)c1CNC(C)c1ccoc1. The summed E-state index contributed by atoms with van der Waals surface area (Å²) in [6.45, 7) is 7.00. The van der Waals surface area contributed by atoms with Crippen LogP contribution in [0.15, 0.2) is 23.0 Å². The highest BCUT2D eigenvalue weighted by molar-refractivity contribution is 5.23. The maximum absolute atomic E-state index is 5.06. The third kappa shape index (κ3) is 2.17. The highest BCUT2D eigenvalue weighted by atomic mass is 16.3. The van der Waals surface area contributed by atoms with Gasteiger partial charge < -0.3 is 9.73 Å². The molecule has 0 aliphatic rings. The summed E-state index contributed by atoms with van der Waals surface area (Å²) in [6.07, 6.45) is 3.47. The van der Waals surface area contributed by atoms with Crippen molar-refractivity contribution in [1.82, 2.24) is 15.5 Å². The lowest BCUT2D eigenvalue weighted by molar-refractivity contribution is 0.537. The third-order valence-electron chi connectivity index (χ3n) is 2.91. The normalized spacial score (nSPS) is 12.9. The van der Waals surface area contributed by atoms with Crippen molar-refractivity contribution in [2.24, 2.45) is 0 Å². The fraction of sp³-hybridized carbons (Fsp3) is 0.417. The molecule has 2 aromatic heterocycles. The van der Waals surface area contributed by atoms with Crippen LogP contribution in [-0.4, -0.2) is 10.2 Å². The van der Waals surface area contributed by atoms with Crippen molar-refractivity contribution < 1.29 is 4.42 Å². The number of rotatable bonds is 4. The zero-order chi connectivity index (χ0) is 11.5. The molecule has 0 saturated carbocycles. The van der Waals surface area contributed by atoms with E-state index in [4.69, 9.17) is 4.42 Å². The molecule has 2 N–H and O–H groups in total. The molecule has 0 amide bonds. The molecule has 1 atom stereocenters. The quantitative estimate of drug-likeness (QED) is 0.830. The van der Waals surface area contributed by atoms with Crippen LogP contribution in [0.5, 0.6) is 0 Å². The molecular formula is C12H17N3O. The maximum Gasteiger partial charge on any atom is 0.0950 e. The summed E-state index contributed by atoms with van der Waals surface area (Å²) < 4.78 is 5.06. The topological polar surface area (TPSA) is 53.9 Å². The molecule has 0 radical (unpaired) electrons. The van der Waals surface area contributed by atoms with E-state index in [-0.39, 0.29) is 6.04 Å². The van der Waals surface area contributed by atoms with Gasteiger partial charge in [-0.2, -0.15) is 5.10 Å². The summed E-state index contributed by atoms with van der Waals surface area (Å²) in [7, 11) is 0. The van der Waals surface area contributed by atoms with Gasteiger partial charge in [0.05, 0.1) is 18.2 Å². The molecule has 4 heteroatoms. The smallest absolute Gasteiger partial charge is 0.0950 e. The minimum Gasteiger partial charge on any atom is -0.472 e. The first-order valence-corrected chi connectivity index (χ1v) is 5.44. The minimum atomic E-state index is 0.285. The van der Waals surface area contributed by atoms with Crippen LogP contribution in [0.4, 0.5) is 0 Å². The number of hydrogen-bond donors (Lipinski definition) is 2. The van der Waals surface area contributed by atoms with Gasteiger partial charge in [-0.3, -0.25) is 5.10 Å². The van der Waals surface area contributed by atoms with Crippen LogP contribution in [0.3, 0.4) is 0 Å². The second-order valence-electron chi connectivity index (χ2n) is 4.07. The second-order valence-corrected chi connectivity index (χ2v) is 4.07. The predicted octanol–water partition coefficient (Wildman–Crippen LogP) is 2.47. The molecule has 0 aliphatic carbocycles. The van der Waals surface area contributed by atoms with Crippen molar-refractivity contribution in [3.05, 3.63) is 41.1 Å². The summed E-state index contributed by atoms with van der Waals surface area (Å²) in [5, 5.41) is 10.6. The average Bonchev–Trinajstić information content (AvgIpc) is 2.87. The molecule has 0 bridgehead atoms. The number of nitrogens with one attached hydrogen (secondary N) is 2. The molecule has 0 fully saturated rings. The lowest BCUT2D eigenvalue weighted by Gasteiger charge is -2.11. The van der Waals surface area contributed by atoms with E-state index in [1.165, 1.54) is 11.1 Å². The summed E-state index contributed by atoms with van der Waals surface area (Å²) in [6, 6.07) is 2.26. The van der Waals surface area contributed by atoms with E-state index in [0.717, 1.165) is 17.9 Å². The van der Waals surface area contributed by atoms with Crippen molar-refractivity contribution in [2.75, 3.05) is 0 Å². The Morgan fingerprint density at radius 1 is 1.50 bits per heavy atom. The molecule has 0 spiro atoms. The summed E-state index contributed by atoms with van der Waals surface area (Å²) in [4.78, 5) is 0. The Balaban J connectivity index is 1.98. The Hall–Kier alpha value is -1.55. The van der Waals surface area contributed by atoms with Gasteiger partial charge in [-0.05, 0) is 26.8 Å². The third-order valence-corrected chi connectivity index (χ3v) is 2.91. The first-order valence-electron chi connectivity index (χ1n) is 5.44. The minimum absolute atomic E-state index is 0.285. The molecule has 0 aromatic carbocycles. The number of aryl methyl sites for hydroxylation is 2. The molecule has 2 rings (SSSR count).